The van der Waals surface area contributed by atoms with Gasteiger partial charge in [0.1, 0.15) is 6.67 Å². The van der Waals surface area contributed by atoms with Gasteiger partial charge >= 0.3 is 6.18 Å². The Kier molecular flexibility index (Phi) is 4.87. The Bertz CT molecular complexity index is 188. The number of rotatable bonds is 4. The minimum absolute atomic E-state index is 0.155. The van der Waals surface area contributed by atoms with Crippen molar-refractivity contribution in [2.45, 2.75) is 20.0 Å². The van der Waals surface area contributed by atoms with Gasteiger partial charge in [-0.25, -0.2) is 4.39 Å². The van der Waals surface area contributed by atoms with Crippen molar-refractivity contribution < 1.29 is 22.4 Å². The van der Waals surface area contributed by atoms with Gasteiger partial charge in [0.2, 0.25) is 5.91 Å². The number of alkyl halides is 4. The van der Waals surface area contributed by atoms with E-state index >= 15 is 0 Å². The summed E-state index contributed by atoms with van der Waals surface area (Å²) in [6.07, 6.45) is -4.80. The predicted octanol–water partition coefficient (Wildman–Crippen LogP) is 2.00. The maximum Gasteiger partial charge on any atom is 0.403 e. The molecule has 6 heteroatoms. The lowest BCUT2D eigenvalue weighted by Crippen LogP contribution is -2.43. The fourth-order valence-corrected chi connectivity index (χ4v) is 1.05. The van der Waals surface area contributed by atoms with Crippen LogP contribution < -0.4 is 0 Å². The van der Waals surface area contributed by atoms with Crippen LogP contribution in [-0.2, 0) is 4.79 Å². The zero-order valence-corrected chi connectivity index (χ0v) is 8.07. The molecule has 0 aromatic heterocycles. The summed E-state index contributed by atoms with van der Waals surface area (Å²) < 4.78 is 48.4. The molecule has 0 rings (SSSR count). The molecule has 0 saturated heterocycles. The number of amides is 1. The van der Waals surface area contributed by atoms with Gasteiger partial charge in [-0.15, -0.1) is 0 Å². The average molecular weight is 215 g/mol. The van der Waals surface area contributed by atoms with E-state index in [-0.39, 0.29) is 13.1 Å². The smallest absolute Gasteiger partial charge is 0.343 e. The van der Waals surface area contributed by atoms with Crippen molar-refractivity contribution in [2.24, 2.45) is 5.92 Å². The molecular weight excluding hydrogens is 202 g/mol. The van der Waals surface area contributed by atoms with E-state index in [2.05, 4.69) is 0 Å². The van der Waals surface area contributed by atoms with Crippen LogP contribution in [0.15, 0.2) is 0 Å². The molecule has 0 spiro atoms. The summed E-state index contributed by atoms with van der Waals surface area (Å²) in [5, 5.41) is 0. The summed E-state index contributed by atoms with van der Waals surface area (Å²) in [6.45, 7) is 1.71. The third-order valence-corrected chi connectivity index (χ3v) is 1.92. The second-order valence-electron chi connectivity index (χ2n) is 2.76. The zero-order chi connectivity index (χ0) is 11.4. The van der Waals surface area contributed by atoms with Crippen LogP contribution in [0, 0.1) is 5.92 Å². The Hall–Kier alpha value is -0.810. The highest BCUT2D eigenvalue weighted by Crippen LogP contribution is 2.28. The Morgan fingerprint density at radius 1 is 1.29 bits per heavy atom. The molecule has 1 atom stereocenters. The van der Waals surface area contributed by atoms with Gasteiger partial charge < -0.3 is 4.90 Å². The summed E-state index contributed by atoms with van der Waals surface area (Å²) in [6, 6.07) is 0. The molecule has 0 aliphatic carbocycles. The number of hydrogen-bond acceptors (Lipinski definition) is 1. The molecule has 14 heavy (non-hydrogen) atoms. The van der Waals surface area contributed by atoms with Crippen LogP contribution in [0.4, 0.5) is 17.6 Å². The third kappa shape index (κ3) is 3.16. The van der Waals surface area contributed by atoms with Gasteiger partial charge in [-0.05, 0) is 13.8 Å². The minimum Gasteiger partial charge on any atom is -0.343 e. The number of halogens is 4. The van der Waals surface area contributed by atoms with E-state index in [9.17, 15) is 22.4 Å². The molecule has 0 aliphatic heterocycles. The van der Waals surface area contributed by atoms with E-state index in [0.717, 1.165) is 4.90 Å². The Morgan fingerprint density at radius 2 is 1.71 bits per heavy atom. The molecule has 2 nitrogen and oxygen atoms in total. The minimum atomic E-state index is -4.80. The molecule has 0 N–H and O–H groups in total. The topological polar surface area (TPSA) is 20.3 Å². The third-order valence-electron chi connectivity index (χ3n) is 1.92. The van der Waals surface area contributed by atoms with Crippen LogP contribution in [0.5, 0.6) is 0 Å². The lowest BCUT2D eigenvalue weighted by molar-refractivity contribution is -0.191. The summed E-state index contributed by atoms with van der Waals surface area (Å²) in [7, 11) is 0. The van der Waals surface area contributed by atoms with E-state index in [1.54, 1.807) is 13.8 Å². The molecule has 0 fully saturated rings. The van der Waals surface area contributed by atoms with E-state index in [0.29, 0.717) is 0 Å². The van der Waals surface area contributed by atoms with Crippen molar-refractivity contribution in [3.8, 4) is 0 Å². The first kappa shape index (κ1) is 13.2. The molecule has 84 valence electrons. The van der Waals surface area contributed by atoms with Gasteiger partial charge in [-0.2, -0.15) is 13.2 Å². The SMILES string of the molecule is CCN(CC)C(=O)C(CF)C(F)(F)F. The Labute approximate surface area is 79.9 Å². The van der Waals surface area contributed by atoms with Gasteiger partial charge in [0.15, 0.2) is 5.92 Å². The highest BCUT2D eigenvalue weighted by Gasteiger charge is 2.46. The van der Waals surface area contributed by atoms with Crippen LogP contribution in [-0.4, -0.2) is 36.7 Å². The molecule has 0 heterocycles. The number of nitrogens with zero attached hydrogens (tertiary/aromatic N) is 1. The van der Waals surface area contributed by atoms with Gasteiger partial charge in [0, 0.05) is 13.1 Å². The molecule has 0 saturated carbocycles. The maximum atomic E-state index is 12.1. The van der Waals surface area contributed by atoms with E-state index in [1.165, 1.54) is 0 Å². The quantitative estimate of drug-likeness (QED) is 0.657. The highest BCUT2D eigenvalue weighted by molar-refractivity contribution is 5.79. The van der Waals surface area contributed by atoms with Crippen molar-refractivity contribution in [3.63, 3.8) is 0 Å². The molecule has 0 bridgehead atoms. The van der Waals surface area contributed by atoms with Crippen LogP contribution in [0.2, 0.25) is 0 Å². The maximum absolute atomic E-state index is 12.1. The zero-order valence-electron chi connectivity index (χ0n) is 8.07. The van der Waals surface area contributed by atoms with Gasteiger partial charge in [0.25, 0.3) is 0 Å². The second kappa shape index (κ2) is 5.17. The Morgan fingerprint density at radius 3 is 1.93 bits per heavy atom. The number of hydrogen-bond donors (Lipinski definition) is 0. The lowest BCUT2D eigenvalue weighted by atomic mass is 10.1. The Balaban J connectivity index is 4.61. The fraction of sp³-hybridized carbons (Fsp3) is 0.875. The summed E-state index contributed by atoms with van der Waals surface area (Å²) in [4.78, 5) is 12.1. The average Bonchev–Trinajstić information content (AvgIpc) is 2.05. The van der Waals surface area contributed by atoms with Gasteiger partial charge in [-0.3, -0.25) is 4.79 Å². The summed E-state index contributed by atoms with van der Waals surface area (Å²) in [5.74, 6) is -3.70. The molecule has 0 radical (unpaired) electrons. The summed E-state index contributed by atoms with van der Waals surface area (Å²) >= 11 is 0. The van der Waals surface area contributed by atoms with Crippen LogP contribution in [0.1, 0.15) is 13.8 Å². The monoisotopic (exact) mass is 215 g/mol. The molecular formula is C8H13F4NO. The molecule has 1 unspecified atom stereocenters. The van der Waals surface area contributed by atoms with E-state index in [4.69, 9.17) is 0 Å². The molecule has 0 aromatic carbocycles. The van der Waals surface area contributed by atoms with Gasteiger partial charge in [-0.1, -0.05) is 0 Å². The first-order valence-corrected chi connectivity index (χ1v) is 4.29. The largest absolute Gasteiger partial charge is 0.403 e. The molecule has 1 amide bonds. The standard InChI is InChI=1S/C8H13F4NO/c1-3-13(4-2)7(14)6(5-9)8(10,11)12/h6H,3-5H2,1-2H3. The van der Waals surface area contributed by atoms with Crippen molar-refractivity contribution in [1.82, 2.24) is 4.90 Å². The van der Waals surface area contributed by atoms with Crippen molar-refractivity contribution in [3.05, 3.63) is 0 Å². The fourth-order valence-electron chi connectivity index (χ4n) is 1.05. The predicted molar refractivity (Wildman–Crippen MR) is 43.4 cm³/mol. The van der Waals surface area contributed by atoms with Crippen LogP contribution >= 0.6 is 0 Å². The van der Waals surface area contributed by atoms with Crippen molar-refractivity contribution >= 4 is 5.91 Å². The van der Waals surface area contributed by atoms with Crippen LogP contribution in [0.3, 0.4) is 0 Å². The van der Waals surface area contributed by atoms with E-state index < -0.39 is 24.7 Å². The normalized spacial score (nSPS) is 13.9. The van der Waals surface area contributed by atoms with Crippen LogP contribution in [0.25, 0.3) is 0 Å². The second-order valence-corrected chi connectivity index (χ2v) is 2.76. The number of carbonyl (C=O) groups excluding carboxylic acids is 1. The van der Waals surface area contributed by atoms with E-state index in [1.807, 2.05) is 0 Å². The molecule has 0 aliphatic rings. The number of carbonyl (C=O) groups is 1. The van der Waals surface area contributed by atoms with Gasteiger partial charge in [0.05, 0.1) is 0 Å². The lowest BCUT2D eigenvalue weighted by Gasteiger charge is -2.24. The summed E-state index contributed by atoms with van der Waals surface area (Å²) in [5.41, 5.74) is 0. The van der Waals surface area contributed by atoms with Crippen molar-refractivity contribution in [1.29, 1.82) is 0 Å². The van der Waals surface area contributed by atoms with Crippen molar-refractivity contribution in [2.75, 3.05) is 19.8 Å². The first-order valence-electron chi connectivity index (χ1n) is 4.29. The highest BCUT2D eigenvalue weighted by atomic mass is 19.4. The molecule has 0 aromatic rings. The first-order chi connectivity index (χ1) is 6.38.